The molecule has 2 aliphatic heterocycles. The van der Waals surface area contributed by atoms with Crippen LogP contribution in [-0.2, 0) is 16.6 Å². The number of nitrogens with zero attached hydrogens (tertiary/aromatic N) is 4. The molecule has 23 heavy (non-hydrogen) atoms. The van der Waals surface area contributed by atoms with E-state index >= 15 is 0 Å². The van der Waals surface area contributed by atoms with Crippen LogP contribution in [0.4, 0.5) is 0 Å². The number of aryl methyl sites for hydroxylation is 1. The second kappa shape index (κ2) is 7.01. The van der Waals surface area contributed by atoms with Crippen molar-refractivity contribution in [3.8, 4) is 0 Å². The Bertz CT molecular complexity index is 544. The van der Waals surface area contributed by atoms with Gasteiger partial charge in [0.25, 0.3) is 0 Å². The fraction of sp³-hybridized carbons (Fsp3) is 0.765. The van der Waals surface area contributed by atoms with E-state index in [9.17, 15) is 4.79 Å². The molecule has 0 aliphatic carbocycles. The molecule has 0 unspecified atom stereocenters. The number of hydrogen-bond donors (Lipinski definition) is 0. The predicted molar refractivity (Wildman–Crippen MR) is 88.0 cm³/mol. The van der Waals surface area contributed by atoms with Crippen molar-refractivity contribution in [3.05, 3.63) is 18.2 Å². The second-order valence-electron chi connectivity index (χ2n) is 6.92. The minimum Gasteiger partial charge on any atom is -0.375 e. The van der Waals surface area contributed by atoms with Gasteiger partial charge < -0.3 is 14.2 Å². The molecule has 0 spiro atoms. The highest BCUT2D eigenvalue weighted by atomic mass is 16.5. The summed E-state index contributed by atoms with van der Waals surface area (Å²) in [7, 11) is 4.12. The van der Waals surface area contributed by atoms with Gasteiger partial charge in [-0.2, -0.15) is 0 Å². The zero-order chi connectivity index (χ0) is 16.4. The van der Waals surface area contributed by atoms with Crippen LogP contribution in [0.15, 0.2) is 12.4 Å². The van der Waals surface area contributed by atoms with Crippen LogP contribution < -0.4 is 0 Å². The highest BCUT2D eigenvalue weighted by Gasteiger charge is 2.31. The molecule has 6 nitrogen and oxygen atoms in total. The molecule has 3 heterocycles. The Morgan fingerprint density at radius 3 is 2.83 bits per heavy atom. The summed E-state index contributed by atoms with van der Waals surface area (Å²) in [6, 6.07) is 0.176. The Hall–Kier alpha value is -1.40. The average Bonchev–Trinajstić information content (AvgIpc) is 3.14. The molecule has 3 atom stereocenters. The van der Waals surface area contributed by atoms with Gasteiger partial charge in [0.05, 0.1) is 18.2 Å². The maximum atomic E-state index is 12.6. The largest absolute Gasteiger partial charge is 0.375 e. The van der Waals surface area contributed by atoms with Crippen LogP contribution >= 0.6 is 0 Å². The molecule has 0 aromatic carbocycles. The molecule has 1 aromatic heterocycles. The minimum atomic E-state index is 0.176. The first-order valence-corrected chi connectivity index (χ1v) is 8.65. The van der Waals surface area contributed by atoms with Crippen molar-refractivity contribution in [2.45, 2.75) is 50.9 Å². The molecule has 0 saturated carbocycles. The van der Waals surface area contributed by atoms with Gasteiger partial charge in [0.15, 0.2) is 0 Å². The number of aromatic nitrogens is 2. The summed E-state index contributed by atoms with van der Waals surface area (Å²) in [6.45, 7) is 4.53. The van der Waals surface area contributed by atoms with Crippen molar-refractivity contribution in [2.75, 3.05) is 26.7 Å². The Balaban J connectivity index is 1.55. The van der Waals surface area contributed by atoms with Crippen molar-refractivity contribution < 1.29 is 9.53 Å². The molecular formula is C17H28N4O2. The van der Waals surface area contributed by atoms with Crippen LogP contribution in [-0.4, -0.2) is 64.1 Å². The first-order chi connectivity index (χ1) is 11.0. The third kappa shape index (κ3) is 3.75. The van der Waals surface area contributed by atoms with Crippen LogP contribution in [0.2, 0.25) is 0 Å². The number of carbonyl (C=O) groups excluding carboxylic acids is 1. The van der Waals surface area contributed by atoms with E-state index in [1.165, 1.54) is 0 Å². The normalized spacial score (nSPS) is 29.2. The molecule has 0 N–H and O–H groups in total. The monoisotopic (exact) mass is 320 g/mol. The SMILES string of the molecule is C[C@@H]1CC[C@H](CCC(=O)N2CCN(C)[C@H](c3nccn3C)C2)O1. The summed E-state index contributed by atoms with van der Waals surface area (Å²) in [6.07, 6.45) is 8.06. The number of piperazine rings is 1. The van der Waals surface area contributed by atoms with Crippen molar-refractivity contribution in [3.63, 3.8) is 0 Å². The number of amides is 1. The molecule has 128 valence electrons. The standard InChI is InChI=1S/C17H28N4O2/c1-13-4-5-14(23-13)6-7-16(22)21-11-10-19(2)15(12-21)17-18-8-9-20(17)3/h8-9,13-15H,4-7,10-12H2,1-3H3/t13-,14-,15+/m1/s1. The molecule has 1 aromatic rings. The topological polar surface area (TPSA) is 50.6 Å². The predicted octanol–water partition coefficient (Wildman–Crippen LogP) is 1.58. The van der Waals surface area contributed by atoms with Crippen molar-refractivity contribution >= 4 is 5.91 Å². The van der Waals surface area contributed by atoms with Gasteiger partial charge in [0.2, 0.25) is 5.91 Å². The molecule has 2 saturated heterocycles. The molecule has 1 amide bonds. The van der Waals surface area contributed by atoms with E-state index in [2.05, 4.69) is 23.9 Å². The molecule has 6 heteroatoms. The maximum absolute atomic E-state index is 12.6. The van der Waals surface area contributed by atoms with Gasteiger partial charge in [-0.1, -0.05) is 0 Å². The van der Waals surface area contributed by atoms with E-state index < -0.39 is 0 Å². The lowest BCUT2D eigenvalue weighted by Crippen LogP contribution is -2.49. The van der Waals surface area contributed by atoms with Gasteiger partial charge in [-0.3, -0.25) is 9.69 Å². The van der Waals surface area contributed by atoms with Crippen molar-refractivity contribution in [1.29, 1.82) is 0 Å². The second-order valence-corrected chi connectivity index (χ2v) is 6.92. The summed E-state index contributed by atoms with van der Waals surface area (Å²) in [4.78, 5) is 21.3. The fourth-order valence-corrected chi connectivity index (χ4v) is 3.62. The van der Waals surface area contributed by atoms with Crippen molar-refractivity contribution in [2.24, 2.45) is 7.05 Å². The first-order valence-electron chi connectivity index (χ1n) is 8.65. The highest BCUT2D eigenvalue weighted by molar-refractivity contribution is 5.76. The Labute approximate surface area is 138 Å². The van der Waals surface area contributed by atoms with Crippen LogP contribution in [0, 0.1) is 0 Å². The van der Waals surface area contributed by atoms with Gasteiger partial charge in [-0.15, -0.1) is 0 Å². The third-order valence-corrected chi connectivity index (χ3v) is 5.16. The number of ether oxygens (including phenoxy) is 1. The average molecular weight is 320 g/mol. The van der Waals surface area contributed by atoms with Crippen LogP contribution in [0.3, 0.4) is 0 Å². The lowest BCUT2D eigenvalue weighted by molar-refractivity contribution is -0.134. The van der Waals surface area contributed by atoms with E-state index in [1.54, 1.807) is 0 Å². The van der Waals surface area contributed by atoms with Gasteiger partial charge in [-0.25, -0.2) is 4.98 Å². The smallest absolute Gasteiger partial charge is 0.222 e. The molecule has 3 rings (SSSR count). The van der Waals surface area contributed by atoms with Crippen LogP contribution in [0.25, 0.3) is 0 Å². The Morgan fingerprint density at radius 1 is 1.35 bits per heavy atom. The lowest BCUT2D eigenvalue weighted by atomic mass is 10.1. The summed E-state index contributed by atoms with van der Waals surface area (Å²) < 4.78 is 7.86. The Morgan fingerprint density at radius 2 is 2.17 bits per heavy atom. The lowest BCUT2D eigenvalue weighted by Gasteiger charge is -2.39. The molecular weight excluding hydrogens is 292 g/mol. The highest BCUT2D eigenvalue weighted by Crippen LogP contribution is 2.25. The summed E-state index contributed by atoms with van der Waals surface area (Å²) in [5.41, 5.74) is 0. The van der Waals surface area contributed by atoms with E-state index in [0.717, 1.165) is 44.7 Å². The molecule has 0 radical (unpaired) electrons. The quantitative estimate of drug-likeness (QED) is 0.845. The fourth-order valence-electron chi connectivity index (χ4n) is 3.62. The van der Waals surface area contributed by atoms with E-state index in [1.807, 2.05) is 28.9 Å². The minimum absolute atomic E-state index is 0.176. The number of rotatable bonds is 4. The number of likely N-dealkylation sites (N-methyl/N-ethyl adjacent to an activating group) is 1. The van der Waals surface area contributed by atoms with Gasteiger partial charge in [-0.05, 0) is 33.2 Å². The maximum Gasteiger partial charge on any atom is 0.222 e. The van der Waals surface area contributed by atoms with Crippen LogP contribution in [0.1, 0.15) is 44.5 Å². The van der Waals surface area contributed by atoms with Crippen molar-refractivity contribution in [1.82, 2.24) is 19.4 Å². The van der Waals surface area contributed by atoms with Gasteiger partial charge in [0, 0.05) is 45.5 Å². The number of imidazole rings is 1. The van der Waals surface area contributed by atoms with E-state index in [4.69, 9.17) is 4.74 Å². The van der Waals surface area contributed by atoms with Gasteiger partial charge >= 0.3 is 0 Å². The molecule has 2 aliphatic rings. The first kappa shape index (κ1) is 16.5. The summed E-state index contributed by atoms with van der Waals surface area (Å²) in [5, 5.41) is 0. The van der Waals surface area contributed by atoms with Crippen LogP contribution in [0.5, 0.6) is 0 Å². The number of hydrogen-bond acceptors (Lipinski definition) is 4. The zero-order valence-corrected chi connectivity index (χ0v) is 14.4. The summed E-state index contributed by atoms with van der Waals surface area (Å²) in [5.74, 6) is 1.28. The molecule has 2 fully saturated rings. The summed E-state index contributed by atoms with van der Waals surface area (Å²) >= 11 is 0. The molecule has 0 bridgehead atoms. The van der Waals surface area contributed by atoms with E-state index in [0.29, 0.717) is 12.5 Å². The van der Waals surface area contributed by atoms with Gasteiger partial charge in [0.1, 0.15) is 5.82 Å². The number of carbonyl (C=O) groups is 1. The zero-order valence-electron chi connectivity index (χ0n) is 14.4. The van der Waals surface area contributed by atoms with E-state index in [-0.39, 0.29) is 18.1 Å². The Kier molecular flexibility index (Phi) is 5.02. The third-order valence-electron chi connectivity index (χ3n) is 5.16.